The minimum absolute atomic E-state index is 0.416. The van der Waals surface area contributed by atoms with E-state index in [-0.39, 0.29) is 0 Å². The van der Waals surface area contributed by atoms with Crippen molar-refractivity contribution in [2.45, 2.75) is 18.9 Å². The van der Waals surface area contributed by atoms with Crippen LogP contribution < -0.4 is 10.0 Å². The quantitative estimate of drug-likeness (QED) is 0.581. The number of hydrogen-bond donors (Lipinski definition) is 2. The van der Waals surface area contributed by atoms with Crippen molar-refractivity contribution in [2.24, 2.45) is 0 Å². The Morgan fingerprint density at radius 3 is 3.00 bits per heavy atom. The van der Waals surface area contributed by atoms with Crippen molar-refractivity contribution in [1.82, 2.24) is 10.0 Å². The van der Waals surface area contributed by atoms with Crippen molar-refractivity contribution < 1.29 is 4.21 Å². The number of rotatable bonds is 2. The zero-order valence-electron chi connectivity index (χ0n) is 6.22. The molecule has 0 radical (unpaired) electrons. The largest absolute Gasteiger partial charge is 0.315 e. The highest BCUT2D eigenvalue weighted by molar-refractivity contribution is 7.82. The second-order valence-corrected chi connectivity index (χ2v) is 3.76. The van der Waals surface area contributed by atoms with Crippen LogP contribution in [0.15, 0.2) is 0 Å². The summed E-state index contributed by atoms with van der Waals surface area (Å²) >= 11 is 0. The van der Waals surface area contributed by atoms with Crippen molar-refractivity contribution in [3.8, 4) is 0 Å². The van der Waals surface area contributed by atoms with Gasteiger partial charge < -0.3 is 5.32 Å². The van der Waals surface area contributed by atoms with Crippen LogP contribution in [0.3, 0.4) is 0 Å². The lowest BCUT2D eigenvalue weighted by molar-refractivity contribution is 0.437. The van der Waals surface area contributed by atoms with Crippen LogP contribution in [0.25, 0.3) is 0 Å². The van der Waals surface area contributed by atoms with Crippen molar-refractivity contribution >= 4 is 11.0 Å². The molecule has 1 rings (SSSR count). The first-order chi connectivity index (χ1) is 4.79. The molecule has 60 valence electrons. The Kier molecular flexibility index (Phi) is 3.31. The highest BCUT2D eigenvalue weighted by atomic mass is 32.2. The second kappa shape index (κ2) is 4.05. The summed E-state index contributed by atoms with van der Waals surface area (Å²) in [5.41, 5.74) is 0. The monoisotopic (exact) mass is 162 g/mol. The molecule has 1 aliphatic heterocycles. The molecule has 0 aromatic heterocycles. The van der Waals surface area contributed by atoms with E-state index in [4.69, 9.17) is 0 Å². The molecule has 0 saturated carbocycles. The molecule has 2 N–H and O–H groups in total. The van der Waals surface area contributed by atoms with Gasteiger partial charge in [0.1, 0.15) is 0 Å². The number of nitrogens with one attached hydrogen (secondary N) is 2. The van der Waals surface area contributed by atoms with Gasteiger partial charge in [0.15, 0.2) is 0 Å². The molecule has 1 heterocycles. The fourth-order valence-electron chi connectivity index (χ4n) is 1.19. The van der Waals surface area contributed by atoms with Gasteiger partial charge in [-0.2, -0.15) is 0 Å². The van der Waals surface area contributed by atoms with Crippen molar-refractivity contribution in [3.63, 3.8) is 0 Å². The van der Waals surface area contributed by atoms with Gasteiger partial charge in [0.05, 0.1) is 11.0 Å². The Hall–Kier alpha value is 0.0700. The maximum atomic E-state index is 10.7. The Morgan fingerprint density at radius 2 is 2.50 bits per heavy atom. The van der Waals surface area contributed by atoms with Crippen LogP contribution in [0.5, 0.6) is 0 Å². The molecule has 0 aromatic rings. The van der Waals surface area contributed by atoms with E-state index in [9.17, 15) is 4.21 Å². The standard InChI is InChI=1S/C6H14N2OS/c1-10(9)8-6-3-2-4-7-5-6/h6-8H,2-5H2,1H3/t6-,10?/m0/s1. The van der Waals surface area contributed by atoms with E-state index in [2.05, 4.69) is 10.0 Å². The smallest absolute Gasteiger partial charge is 0.0886 e. The van der Waals surface area contributed by atoms with E-state index in [1.807, 2.05) is 0 Å². The Morgan fingerprint density at radius 1 is 1.70 bits per heavy atom. The molecule has 1 unspecified atom stereocenters. The summed E-state index contributed by atoms with van der Waals surface area (Å²) in [5.74, 6) is 0. The minimum Gasteiger partial charge on any atom is -0.315 e. The van der Waals surface area contributed by atoms with Crippen LogP contribution in [-0.2, 0) is 11.0 Å². The van der Waals surface area contributed by atoms with E-state index in [1.54, 1.807) is 6.26 Å². The lowest BCUT2D eigenvalue weighted by Gasteiger charge is -2.22. The summed E-state index contributed by atoms with van der Waals surface area (Å²) in [6.45, 7) is 2.06. The Balaban J connectivity index is 2.19. The van der Waals surface area contributed by atoms with Gasteiger partial charge in [0.25, 0.3) is 0 Å². The van der Waals surface area contributed by atoms with Crippen LogP contribution in [0, 0.1) is 0 Å². The molecule has 1 saturated heterocycles. The normalized spacial score (nSPS) is 29.9. The third-order valence-electron chi connectivity index (χ3n) is 1.63. The van der Waals surface area contributed by atoms with Gasteiger partial charge in [-0.15, -0.1) is 0 Å². The maximum absolute atomic E-state index is 10.7. The first-order valence-electron chi connectivity index (χ1n) is 3.59. The first-order valence-corrected chi connectivity index (χ1v) is 5.15. The van der Waals surface area contributed by atoms with Crippen molar-refractivity contribution in [1.29, 1.82) is 0 Å². The summed E-state index contributed by atoms with van der Waals surface area (Å²) < 4.78 is 13.7. The van der Waals surface area contributed by atoms with E-state index < -0.39 is 11.0 Å². The molecule has 0 aromatic carbocycles. The fraction of sp³-hybridized carbons (Fsp3) is 1.00. The van der Waals surface area contributed by atoms with Crippen molar-refractivity contribution in [3.05, 3.63) is 0 Å². The van der Waals surface area contributed by atoms with Gasteiger partial charge in [-0.05, 0) is 19.4 Å². The lowest BCUT2D eigenvalue weighted by Crippen LogP contribution is -2.43. The molecule has 4 heteroatoms. The lowest BCUT2D eigenvalue weighted by atomic mass is 10.1. The van der Waals surface area contributed by atoms with Crippen LogP contribution in [0.2, 0.25) is 0 Å². The van der Waals surface area contributed by atoms with Crippen molar-refractivity contribution in [2.75, 3.05) is 19.3 Å². The molecule has 0 spiro atoms. The molecule has 10 heavy (non-hydrogen) atoms. The third-order valence-corrected chi connectivity index (χ3v) is 2.29. The summed E-state index contributed by atoms with van der Waals surface area (Å²) in [4.78, 5) is 0. The van der Waals surface area contributed by atoms with E-state index in [0.717, 1.165) is 19.5 Å². The first kappa shape index (κ1) is 8.17. The van der Waals surface area contributed by atoms with E-state index in [0.29, 0.717) is 6.04 Å². The fourth-order valence-corrected chi connectivity index (χ4v) is 1.86. The van der Waals surface area contributed by atoms with Gasteiger partial charge in [-0.3, -0.25) is 0 Å². The van der Waals surface area contributed by atoms with Gasteiger partial charge in [0, 0.05) is 18.8 Å². The SMILES string of the molecule is CS(=O)N[C@H]1CCCNC1. The molecule has 3 nitrogen and oxygen atoms in total. The molecule has 1 fully saturated rings. The Bertz CT molecular complexity index is 123. The average molecular weight is 162 g/mol. The average Bonchev–Trinajstić information content (AvgIpc) is 1.88. The second-order valence-electron chi connectivity index (χ2n) is 2.62. The topological polar surface area (TPSA) is 41.1 Å². The van der Waals surface area contributed by atoms with Crippen LogP contribution in [-0.4, -0.2) is 29.6 Å². The van der Waals surface area contributed by atoms with E-state index in [1.165, 1.54) is 6.42 Å². The molecule has 0 aliphatic carbocycles. The van der Waals surface area contributed by atoms with Crippen LogP contribution in [0.4, 0.5) is 0 Å². The summed E-state index contributed by atoms with van der Waals surface area (Å²) in [6.07, 6.45) is 4.01. The number of piperidine rings is 1. The van der Waals surface area contributed by atoms with Gasteiger partial charge >= 0.3 is 0 Å². The zero-order chi connectivity index (χ0) is 7.40. The minimum atomic E-state index is -0.853. The van der Waals surface area contributed by atoms with E-state index >= 15 is 0 Å². The number of hydrogen-bond acceptors (Lipinski definition) is 2. The molecule has 1 aliphatic rings. The van der Waals surface area contributed by atoms with Gasteiger partial charge in [-0.1, -0.05) is 0 Å². The molecule has 0 amide bonds. The highest BCUT2D eigenvalue weighted by Gasteiger charge is 2.12. The Labute approximate surface area is 64.2 Å². The van der Waals surface area contributed by atoms with Gasteiger partial charge in [0.2, 0.25) is 0 Å². The van der Waals surface area contributed by atoms with Crippen LogP contribution in [0.1, 0.15) is 12.8 Å². The zero-order valence-corrected chi connectivity index (χ0v) is 7.04. The van der Waals surface area contributed by atoms with Gasteiger partial charge in [-0.25, -0.2) is 8.93 Å². The summed E-state index contributed by atoms with van der Waals surface area (Å²) in [6, 6.07) is 0.416. The third kappa shape index (κ3) is 2.77. The predicted molar refractivity (Wildman–Crippen MR) is 43.1 cm³/mol. The summed E-state index contributed by atoms with van der Waals surface area (Å²) in [5, 5.41) is 3.24. The highest BCUT2D eigenvalue weighted by Crippen LogP contribution is 2.00. The molecular formula is C6H14N2OS. The van der Waals surface area contributed by atoms with Crippen LogP contribution >= 0.6 is 0 Å². The molecule has 0 bridgehead atoms. The molecular weight excluding hydrogens is 148 g/mol. The maximum Gasteiger partial charge on any atom is 0.0886 e. The summed E-state index contributed by atoms with van der Waals surface area (Å²) in [7, 11) is -0.853. The molecule has 2 atom stereocenters. The predicted octanol–water partition coefficient (Wildman–Crippen LogP) is -0.379.